The van der Waals surface area contributed by atoms with Crippen molar-refractivity contribution in [2.75, 3.05) is 0 Å². The molecule has 1 aromatic carbocycles. The minimum Gasteiger partial charge on any atom is -0.369 e. The molecule has 0 bridgehead atoms. The molecule has 5 aromatic rings. The number of aromatic nitrogens is 6. The van der Waals surface area contributed by atoms with Gasteiger partial charge in [-0.3, -0.25) is 0 Å². The number of nitrogens with zero attached hydrogens (tertiary/aromatic N) is 6. The van der Waals surface area contributed by atoms with Crippen molar-refractivity contribution in [1.82, 2.24) is 29.2 Å². The van der Waals surface area contributed by atoms with E-state index in [1.165, 1.54) is 16.0 Å². The third kappa shape index (κ3) is 2.69. The van der Waals surface area contributed by atoms with E-state index in [9.17, 15) is 0 Å². The highest BCUT2D eigenvalue weighted by atomic mass is 32.2. The lowest BCUT2D eigenvalue weighted by molar-refractivity contribution is -0.0542. The Kier molecular flexibility index (Phi) is 4.12. The number of thioether (sulfide) groups is 1. The van der Waals surface area contributed by atoms with Gasteiger partial charge in [-0.25, -0.2) is 9.38 Å². The van der Waals surface area contributed by atoms with E-state index < -0.39 is 0 Å². The van der Waals surface area contributed by atoms with E-state index in [2.05, 4.69) is 62.8 Å². The zero-order valence-corrected chi connectivity index (χ0v) is 18.3. The normalized spacial score (nSPS) is 19.1. The van der Waals surface area contributed by atoms with Crippen molar-refractivity contribution in [3.8, 4) is 0 Å². The van der Waals surface area contributed by atoms with Gasteiger partial charge in [0.1, 0.15) is 11.2 Å². The van der Waals surface area contributed by atoms with Crippen molar-refractivity contribution >= 4 is 44.7 Å². The first kappa shape index (κ1) is 18.3. The average Bonchev–Trinajstić information content (AvgIpc) is 3.48. The minimum atomic E-state index is -0.148. The maximum atomic E-state index is 6.22. The molecule has 6 rings (SSSR count). The van der Waals surface area contributed by atoms with Crippen LogP contribution in [-0.2, 0) is 23.5 Å². The second kappa shape index (κ2) is 6.76. The molecule has 0 N–H and O–H groups in total. The molecule has 0 saturated carbocycles. The molecule has 0 radical (unpaired) electrons. The Morgan fingerprint density at radius 1 is 1.23 bits per heavy atom. The Bertz CT molecular complexity index is 1390. The number of fused-ring (bicyclic) bond motifs is 8. The summed E-state index contributed by atoms with van der Waals surface area (Å²) in [4.78, 5) is 6.97. The van der Waals surface area contributed by atoms with Gasteiger partial charge in [0.05, 0.1) is 17.6 Å². The molecule has 0 saturated heterocycles. The second-order valence-electron chi connectivity index (χ2n) is 7.84. The van der Waals surface area contributed by atoms with Gasteiger partial charge in [0.15, 0.2) is 10.8 Å². The van der Waals surface area contributed by atoms with Gasteiger partial charge in [-0.2, -0.15) is 9.61 Å². The maximum absolute atomic E-state index is 6.22. The van der Waals surface area contributed by atoms with E-state index in [-0.39, 0.29) is 5.60 Å². The fourth-order valence-corrected chi connectivity index (χ4v) is 6.20. The van der Waals surface area contributed by atoms with Crippen molar-refractivity contribution < 1.29 is 4.74 Å². The summed E-state index contributed by atoms with van der Waals surface area (Å²) >= 11 is 3.45. The molecule has 0 aliphatic carbocycles. The molecule has 1 unspecified atom stereocenters. The second-order valence-corrected chi connectivity index (χ2v) is 9.87. The van der Waals surface area contributed by atoms with Crippen LogP contribution < -0.4 is 0 Å². The maximum Gasteiger partial charge on any atom is 0.260 e. The highest BCUT2D eigenvalue weighted by Gasteiger charge is 2.34. The standard InChI is InChI=1S/C21H20N6OS2/c1-3-21(2)9-14-15(10-28-21)30-18-16(14)17-22-12-23-27(17)19-24-25-20(26(18)19)29-11-13-7-5-4-6-8-13/h4-8,12H,3,9-11H2,1-2H3. The number of benzene rings is 1. The Morgan fingerprint density at radius 3 is 2.93 bits per heavy atom. The summed E-state index contributed by atoms with van der Waals surface area (Å²) in [7, 11) is 0. The smallest absolute Gasteiger partial charge is 0.260 e. The van der Waals surface area contributed by atoms with Gasteiger partial charge < -0.3 is 4.74 Å². The van der Waals surface area contributed by atoms with Gasteiger partial charge in [0.2, 0.25) is 0 Å². The van der Waals surface area contributed by atoms with Crippen molar-refractivity contribution in [3.63, 3.8) is 0 Å². The first-order valence-corrected chi connectivity index (χ1v) is 11.8. The zero-order valence-electron chi connectivity index (χ0n) is 16.7. The minimum absolute atomic E-state index is 0.148. The van der Waals surface area contributed by atoms with E-state index in [4.69, 9.17) is 4.74 Å². The van der Waals surface area contributed by atoms with Crippen LogP contribution in [0.5, 0.6) is 0 Å². The monoisotopic (exact) mass is 436 g/mol. The lowest BCUT2D eigenvalue weighted by Crippen LogP contribution is -2.33. The predicted octanol–water partition coefficient (Wildman–Crippen LogP) is 4.52. The van der Waals surface area contributed by atoms with E-state index in [1.807, 2.05) is 10.6 Å². The van der Waals surface area contributed by atoms with E-state index >= 15 is 0 Å². The summed E-state index contributed by atoms with van der Waals surface area (Å²) in [5, 5.41) is 15.5. The number of hydrogen-bond donors (Lipinski definition) is 0. The number of ether oxygens (including phenoxy) is 1. The predicted molar refractivity (Wildman–Crippen MR) is 118 cm³/mol. The van der Waals surface area contributed by atoms with Crippen molar-refractivity contribution in [2.24, 2.45) is 0 Å². The largest absolute Gasteiger partial charge is 0.369 e. The molecule has 1 atom stereocenters. The van der Waals surface area contributed by atoms with Gasteiger partial charge >= 0.3 is 0 Å². The van der Waals surface area contributed by atoms with Crippen LogP contribution in [0.3, 0.4) is 0 Å². The molecule has 152 valence electrons. The van der Waals surface area contributed by atoms with Crippen molar-refractivity contribution in [1.29, 1.82) is 0 Å². The van der Waals surface area contributed by atoms with Crippen molar-refractivity contribution in [3.05, 3.63) is 52.7 Å². The van der Waals surface area contributed by atoms with Crippen molar-refractivity contribution in [2.45, 2.75) is 49.8 Å². The van der Waals surface area contributed by atoms with Crippen LogP contribution in [0, 0.1) is 0 Å². The summed E-state index contributed by atoms with van der Waals surface area (Å²) < 4.78 is 10.2. The summed E-state index contributed by atoms with van der Waals surface area (Å²) in [5.41, 5.74) is 3.29. The summed E-state index contributed by atoms with van der Waals surface area (Å²) in [6, 6.07) is 10.4. The SMILES string of the molecule is CCC1(C)Cc2c(sc3c2c2ncnn2c2nnc(SCc4ccccc4)n32)CO1. The Hall–Kier alpha value is -2.49. The summed E-state index contributed by atoms with van der Waals surface area (Å²) in [5.74, 6) is 1.53. The van der Waals surface area contributed by atoms with Gasteiger partial charge in [-0.1, -0.05) is 49.0 Å². The Labute approximate surface area is 181 Å². The molecular weight excluding hydrogens is 416 g/mol. The van der Waals surface area contributed by atoms with Crippen LogP contribution in [0.15, 0.2) is 41.8 Å². The van der Waals surface area contributed by atoms with Gasteiger partial charge in [0, 0.05) is 17.1 Å². The van der Waals surface area contributed by atoms with Crippen LogP contribution in [0.1, 0.15) is 36.3 Å². The molecule has 4 aromatic heterocycles. The van der Waals surface area contributed by atoms with E-state index in [1.54, 1.807) is 29.4 Å². The Morgan fingerprint density at radius 2 is 2.10 bits per heavy atom. The molecule has 1 aliphatic rings. The number of hydrogen-bond acceptors (Lipinski definition) is 7. The van der Waals surface area contributed by atoms with Gasteiger partial charge in [0.25, 0.3) is 5.78 Å². The van der Waals surface area contributed by atoms with Crippen LogP contribution in [0.25, 0.3) is 21.6 Å². The average molecular weight is 437 g/mol. The van der Waals surface area contributed by atoms with Crippen LogP contribution in [0.2, 0.25) is 0 Å². The molecule has 5 heterocycles. The highest BCUT2D eigenvalue weighted by molar-refractivity contribution is 7.98. The lowest BCUT2D eigenvalue weighted by atomic mass is 9.90. The quantitative estimate of drug-likeness (QED) is 0.386. The molecule has 7 nitrogen and oxygen atoms in total. The fraction of sp³-hybridized carbons (Fsp3) is 0.333. The first-order chi connectivity index (χ1) is 14.7. The molecule has 0 spiro atoms. The molecule has 9 heteroatoms. The lowest BCUT2D eigenvalue weighted by Gasteiger charge is -2.32. The number of rotatable bonds is 4. The molecule has 0 amide bonds. The molecule has 0 fully saturated rings. The topological polar surface area (TPSA) is 69.6 Å². The third-order valence-corrected chi connectivity index (χ3v) is 8.10. The van der Waals surface area contributed by atoms with Gasteiger partial charge in [-0.05, 0) is 24.5 Å². The molecule has 1 aliphatic heterocycles. The number of thiophene rings is 1. The van der Waals surface area contributed by atoms with Crippen LogP contribution >= 0.6 is 23.1 Å². The van der Waals surface area contributed by atoms with Crippen LogP contribution in [-0.4, -0.2) is 34.8 Å². The fourth-order valence-electron chi connectivity index (χ4n) is 4.03. The third-order valence-electron chi connectivity index (χ3n) is 5.91. The van der Waals surface area contributed by atoms with Gasteiger partial charge in [-0.15, -0.1) is 21.5 Å². The molecular formula is C21H20N6OS2. The summed E-state index contributed by atoms with van der Waals surface area (Å²) in [6.07, 6.45) is 3.45. The Balaban J connectivity index is 1.56. The zero-order chi connectivity index (χ0) is 20.3. The first-order valence-electron chi connectivity index (χ1n) is 9.98. The van der Waals surface area contributed by atoms with Crippen LogP contribution in [0.4, 0.5) is 0 Å². The van der Waals surface area contributed by atoms with E-state index in [0.29, 0.717) is 12.4 Å². The summed E-state index contributed by atoms with van der Waals surface area (Å²) in [6.45, 7) is 5.01. The highest BCUT2D eigenvalue weighted by Crippen LogP contribution is 2.42. The van der Waals surface area contributed by atoms with E-state index in [0.717, 1.165) is 39.6 Å². The molecule has 30 heavy (non-hydrogen) atoms.